The molecular formula is C15H14Cl2N2O4. The highest BCUT2D eigenvalue weighted by Crippen LogP contribution is 2.23. The zero-order chi connectivity index (χ0) is 17.0. The summed E-state index contributed by atoms with van der Waals surface area (Å²) in [6.07, 6.45) is -0.986. The lowest BCUT2D eigenvalue weighted by atomic mass is 10.1. The number of hydrogen-bond acceptors (Lipinski definition) is 5. The number of ether oxygens (including phenoxy) is 1. The zero-order valence-corrected chi connectivity index (χ0v) is 13.9. The monoisotopic (exact) mass is 356 g/mol. The fourth-order valence-electron chi connectivity index (χ4n) is 1.76. The molecule has 6 nitrogen and oxygen atoms in total. The van der Waals surface area contributed by atoms with E-state index in [0.717, 1.165) is 0 Å². The van der Waals surface area contributed by atoms with E-state index in [-0.39, 0.29) is 12.2 Å². The highest BCUT2D eigenvalue weighted by atomic mass is 35.5. The number of nitrogens with zero attached hydrogens (tertiary/aromatic N) is 1. The van der Waals surface area contributed by atoms with Gasteiger partial charge in [-0.05, 0) is 31.5 Å². The largest absolute Gasteiger partial charge is 0.452 e. The van der Waals surface area contributed by atoms with Crippen molar-refractivity contribution in [3.05, 3.63) is 45.6 Å². The topological polar surface area (TPSA) is 81.4 Å². The van der Waals surface area contributed by atoms with Crippen LogP contribution in [0.4, 0.5) is 5.82 Å². The van der Waals surface area contributed by atoms with Crippen molar-refractivity contribution in [2.24, 2.45) is 0 Å². The Kier molecular flexibility index (Phi) is 5.63. The molecule has 23 heavy (non-hydrogen) atoms. The van der Waals surface area contributed by atoms with Gasteiger partial charge in [-0.1, -0.05) is 34.4 Å². The van der Waals surface area contributed by atoms with Crippen LogP contribution in [0.2, 0.25) is 10.0 Å². The number of hydrogen-bond donors (Lipinski definition) is 1. The van der Waals surface area contributed by atoms with Crippen molar-refractivity contribution < 1.29 is 18.8 Å². The zero-order valence-electron chi connectivity index (χ0n) is 12.4. The van der Waals surface area contributed by atoms with Crippen LogP contribution in [0.25, 0.3) is 0 Å². The van der Waals surface area contributed by atoms with E-state index in [4.69, 9.17) is 32.5 Å². The molecule has 1 amide bonds. The van der Waals surface area contributed by atoms with E-state index < -0.39 is 18.0 Å². The van der Waals surface area contributed by atoms with Crippen LogP contribution in [0.15, 0.2) is 28.8 Å². The molecule has 0 fully saturated rings. The van der Waals surface area contributed by atoms with Crippen LogP contribution in [-0.4, -0.2) is 23.1 Å². The molecule has 122 valence electrons. The molecule has 1 aromatic carbocycles. The van der Waals surface area contributed by atoms with Crippen molar-refractivity contribution in [2.75, 3.05) is 5.32 Å². The highest BCUT2D eigenvalue weighted by molar-refractivity contribution is 6.42. The third-order valence-electron chi connectivity index (χ3n) is 2.89. The fraction of sp³-hybridized carbons (Fsp3) is 0.267. The maximum Gasteiger partial charge on any atom is 0.311 e. The minimum absolute atomic E-state index is 0.0163. The molecule has 0 spiro atoms. The summed E-state index contributed by atoms with van der Waals surface area (Å²) in [5, 5.41) is 6.87. The molecule has 0 saturated heterocycles. The minimum Gasteiger partial charge on any atom is -0.452 e. The number of anilines is 1. The number of halogens is 2. The second-order valence-corrected chi connectivity index (χ2v) is 5.68. The van der Waals surface area contributed by atoms with Crippen molar-refractivity contribution in [1.29, 1.82) is 0 Å². The molecule has 0 radical (unpaired) electrons. The standard InChI is InChI=1S/C15H14Cl2N2O4/c1-8-5-13(19-23-8)18-15(21)9(2)22-14(20)7-10-3-4-11(16)12(17)6-10/h3-6,9H,7H2,1-2H3,(H,18,19,21). The van der Waals surface area contributed by atoms with Gasteiger partial charge in [-0.2, -0.15) is 0 Å². The van der Waals surface area contributed by atoms with Gasteiger partial charge in [0.2, 0.25) is 0 Å². The summed E-state index contributed by atoms with van der Waals surface area (Å²) in [5.41, 5.74) is 0.643. The van der Waals surface area contributed by atoms with Gasteiger partial charge >= 0.3 is 5.97 Å². The number of nitrogens with one attached hydrogen (secondary N) is 1. The normalized spacial score (nSPS) is 11.8. The second-order valence-electron chi connectivity index (χ2n) is 4.87. The maximum atomic E-state index is 11.9. The summed E-state index contributed by atoms with van der Waals surface area (Å²) in [5.74, 6) is -0.229. The SMILES string of the molecule is Cc1cc(NC(=O)C(C)OC(=O)Cc2ccc(Cl)c(Cl)c2)no1. The van der Waals surface area contributed by atoms with Crippen LogP contribution in [0.1, 0.15) is 18.2 Å². The van der Waals surface area contributed by atoms with E-state index >= 15 is 0 Å². The first-order valence-electron chi connectivity index (χ1n) is 6.72. The smallest absolute Gasteiger partial charge is 0.311 e. The van der Waals surface area contributed by atoms with E-state index in [1.54, 1.807) is 31.2 Å². The molecule has 0 aliphatic rings. The van der Waals surface area contributed by atoms with Crippen molar-refractivity contribution in [3.8, 4) is 0 Å². The number of carbonyl (C=O) groups is 2. The summed E-state index contributed by atoms with van der Waals surface area (Å²) in [4.78, 5) is 23.8. The van der Waals surface area contributed by atoms with Crippen molar-refractivity contribution in [3.63, 3.8) is 0 Å². The van der Waals surface area contributed by atoms with E-state index in [0.29, 0.717) is 21.4 Å². The second kappa shape index (κ2) is 7.48. The van der Waals surface area contributed by atoms with Crippen molar-refractivity contribution in [1.82, 2.24) is 5.16 Å². The molecular weight excluding hydrogens is 343 g/mol. The van der Waals surface area contributed by atoms with Gasteiger partial charge in [0.1, 0.15) is 5.76 Å². The third kappa shape index (κ3) is 4.97. The lowest BCUT2D eigenvalue weighted by Gasteiger charge is -2.12. The van der Waals surface area contributed by atoms with Gasteiger partial charge in [-0.3, -0.25) is 9.59 Å². The van der Waals surface area contributed by atoms with Crippen LogP contribution >= 0.6 is 23.2 Å². The molecule has 2 rings (SSSR count). The number of rotatable bonds is 5. The number of esters is 1. The van der Waals surface area contributed by atoms with Gasteiger partial charge in [0.15, 0.2) is 11.9 Å². The van der Waals surface area contributed by atoms with Crippen LogP contribution in [0.5, 0.6) is 0 Å². The van der Waals surface area contributed by atoms with Crippen LogP contribution in [0, 0.1) is 6.92 Å². The Balaban J connectivity index is 1.88. The van der Waals surface area contributed by atoms with Crippen LogP contribution in [0.3, 0.4) is 0 Å². The van der Waals surface area contributed by atoms with Crippen molar-refractivity contribution >= 4 is 40.9 Å². The number of carbonyl (C=O) groups excluding carboxylic acids is 2. The molecule has 0 aliphatic carbocycles. The van der Waals surface area contributed by atoms with Gasteiger partial charge in [0.05, 0.1) is 16.5 Å². The Bertz CT molecular complexity index is 730. The highest BCUT2D eigenvalue weighted by Gasteiger charge is 2.19. The molecule has 1 aromatic heterocycles. The maximum absolute atomic E-state index is 11.9. The van der Waals surface area contributed by atoms with Gasteiger partial charge < -0.3 is 14.6 Å². The average Bonchev–Trinajstić information content (AvgIpc) is 2.88. The summed E-state index contributed by atoms with van der Waals surface area (Å²) in [6, 6.07) is 6.39. The molecule has 0 aliphatic heterocycles. The minimum atomic E-state index is -0.970. The first kappa shape index (κ1) is 17.3. The number of aryl methyl sites for hydroxylation is 1. The molecule has 1 N–H and O–H groups in total. The van der Waals surface area contributed by atoms with Crippen LogP contribution < -0.4 is 5.32 Å². The Morgan fingerprint density at radius 1 is 1.30 bits per heavy atom. The first-order valence-corrected chi connectivity index (χ1v) is 7.48. The molecule has 0 bridgehead atoms. The van der Waals surface area contributed by atoms with E-state index in [1.807, 2.05) is 0 Å². The lowest BCUT2D eigenvalue weighted by molar-refractivity contribution is -0.152. The van der Waals surface area contributed by atoms with Gasteiger partial charge in [0.25, 0.3) is 5.91 Å². The Morgan fingerprint density at radius 2 is 2.04 bits per heavy atom. The Morgan fingerprint density at radius 3 is 2.65 bits per heavy atom. The summed E-state index contributed by atoms with van der Waals surface area (Å²) < 4.78 is 9.91. The van der Waals surface area contributed by atoms with Gasteiger partial charge in [0, 0.05) is 6.07 Å². The number of aromatic nitrogens is 1. The van der Waals surface area contributed by atoms with Gasteiger partial charge in [-0.25, -0.2) is 0 Å². The molecule has 1 atom stereocenters. The number of benzene rings is 1. The third-order valence-corrected chi connectivity index (χ3v) is 3.63. The summed E-state index contributed by atoms with van der Waals surface area (Å²) >= 11 is 11.7. The summed E-state index contributed by atoms with van der Waals surface area (Å²) in [6.45, 7) is 3.17. The van der Waals surface area contributed by atoms with E-state index in [9.17, 15) is 9.59 Å². The molecule has 2 aromatic rings. The van der Waals surface area contributed by atoms with Crippen molar-refractivity contribution in [2.45, 2.75) is 26.4 Å². The first-order chi connectivity index (χ1) is 10.8. The fourth-order valence-corrected chi connectivity index (χ4v) is 2.08. The molecule has 0 saturated carbocycles. The Hall–Kier alpha value is -2.05. The molecule has 1 unspecified atom stereocenters. The average molecular weight is 357 g/mol. The lowest BCUT2D eigenvalue weighted by Crippen LogP contribution is -2.30. The van der Waals surface area contributed by atoms with E-state index in [1.165, 1.54) is 6.92 Å². The number of amides is 1. The predicted molar refractivity (Wildman–Crippen MR) is 85.6 cm³/mol. The van der Waals surface area contributed by atoms with E-state index in [2.05, 4.69) is 10.5 Å². The van der Waals surface area contributed by atoms with Gasteiger partial charge in [-0.15, -0.1) is 0 Å². The quantitative estimate of drug-likeness (QED) is 0.830. The molecule has 8 heteroatoms. The molecule has 1 heterocycles. The predicted octanol–water partition coefficient (Wildman–Crippen LogP) is 3.40. The van der Waals surface area contributed by atoms with Crippen LogP contribution in [-0.2, 0) is 20.7 Å². The Labute approximate surface area is 142 Å². The summed E-state index contributed by atoms with van der Waals surface area (Å²) in [7, 11) is 0.